The maximum Gasteiger partial charge on any atom is 0.416 e. The average molecular weight is 304 g/mol. The summed E-state index contributed by atoms with van der Waals surface area (Å²) in [5.41, 5.74) is -1.34. The molecule has 1 unspecified atom stereocenters. The Labute approximate surface area is 119 Å². The number of halogens is 3. The Morgan fingerprint density at radius 3 is 2.71 bits per heavy atom. The molecular weight excluding hydrogens is 289 g/mol. The van der Waals surface area contributed by atoms with E-state index in [0.29, 0.717) is 19.2 Å². The van der Waals surface area contributed by atoms with Crippen molar-refractivity contribution in [1.82, 2.24) is 0 Å². The van der Waals surface area contributed by atoms with Crippen molar-refractivity contribution in [3.8, 4) is 0 Å². The van der Waals surface area contributed by atoms with Gasteiger partial charge in [0.1, 0.15) is 5.69 Å². The van der Waals surface area contributed by atoms with Gasteiger partial charge in [0.2, 0.25) is 0 Å². The summed E-state index contributed by atoms with van der Waals surface area (Å²) in [6.45, 7) is 0.995. The number of anilines is 1. The van der Waals surface area contributed by atoms with Crippen LogP contribution in [0.25, 0.3) is 0 Å². The molecular formula is C13H15F3N2O3. The molecule has 0 N–H and O–H groups in total. The van der Waals surface area contributed by atoms with Crippen LogP contribution in [0.2, 0.25) is 0 Å². The number of rotatable bonds is 3. The predicted molar refractivity (Wildman–Crippen MR) is 70.3 cm³/mol. The summed E-state index contributed by atoms with van der Waals surface area (Å²) in [5, 5.41) is 11.1. The van der Waals surface area contributed by atoms with Crippen LogP contribution in [0.1, 0.15) is 18.4 Å². The molecule has 0 aliphatic carbocycles. The smallest absolute Gasteiger partial charge is 0.380 e. The summed E-state index contributed by atoms with van der Waals surface area (Å²) in [4.78, 5) is 12.0. The van der Waals surface area contributed by atoms with Gasteiger partial charge in [0.25, 0.3) is 5.69 Å². The highest BCUT2D eigenvalue weighted by Gasteiger charge is 2.34. The van der Waals surface area contributed by atoms with Gasteiger partial charge in [0.05, 0.1) is 16.6 Å². The summed E-state index contributed by atoms with van der Waals surface area (Å²) < 4.78 is 43.2. The SMILES string of the molecule is COC1CCCN(c2ccc(C(F)(F)F)cc2[N+](=O)[O-])C1. The molecule has 1 atom stereocenters. The van der Waals surface area contributed by atoms with Crippen molar-refractivity contribution in [3.05, 3.63) is 33.9 Å². The highest BCUT2D eigenvalue weighted by atomic mass is 19.4. The number of nitro benzene ring substituents is 1. The standard InChI is InChI=1S/C13H15F3N2O3/c1-21-10-3-2-6-17(8-10)11-5-4-9(13(14,15)16)7-12(11)18(19)20/h4-5,7,10H,2-3,6,8H2,1H3. The lowest BCUT2D eigenvalue weighted by Gasteiger charge is -2.33. The van der Waals surface area contributed by atoms with E-state index in [1.54, 1.807) is 12.0 Å². The maximum atomic E-state index is 12.7. The van der Waals surface area contributed by atoms with Gasteiger partial charge >= 0.3 is 6.18 Å². The van der Waals surface area contributed by atoms with E-state index < -0.39 is 22.4 Å². The Bertz CT molecular complexity index is 534. The Balaban J connectivity index is 2.37. The van der Waals surface area contributed by atoms with E-state index in [1.165, 1.54) is 6.07 Å². The first-order valence-electron chi connectivity index (χ1n) is 6.46. The zero-order valence-electron chi connectivity index (χ0n) is 11.4. The van der Waals surface area contributed by atoms with Crippen LogP contribution in [0.5, 0.6) is 0 Å². The fourth-order valence-corrected chi connectivity index (χ4v) is 2.46. The monoisotopic (exact) mass is 304 g/mol. The van der Waals surface area contributed by atoms with E-state index in [9.17, 15) is 23.3 Å². The quantitative estimate of drug-likeness (QED) is 0.635. The van der Waals surface area contributed by atoms with E-state index >= 15 is 0 Å². The summed E-state index contributed by atoms with van der Waals surface area (Å²) in [6, 6.07) is 2.63. The molecule has 0 spiro atoms. The lowest BCUT2D eigenvalue weighted by Crippen LogP contribution is -2.39. The van der Waals surface area contributed by atoms with Crippen molar-refractivity contribution in [3.63, 3.8) is 0 Å². The van der Waals surface area contributed by atoms with E-state index in [0.717, 1.165) is 18.9 Å². The van der Waals surface area contributed by atoms with Crippen LogP contribution < -0.4 is 4.90 Å². The van der Waals surface area contributed by atoms with Crippen molar-refractivity contribution < 1.29 is 22.8 Å². The zero-order valence-corrected chi connectivity index (χ0v) is 11.4. The highest BCUT2D eigenvalue weighted by molar-refractivity contribution is 5.65. The third kappa shape index (κ3) is 3.44. The molecule has 1 aliphatic rings. The number of ether oxygens (including phenoxy) is 1. The molecule has 1 aliphatic heterocycles. The van der Waals surface area contributed by atoms with Crippen LogP contribution in [0, 0.1) is 10.1 Å². The van der Waals surface area contributed by atoms with Crippen molar-refractivity contribution in [2.24, 2.45) is 0 Å². The van der Waals surface area contributed by atoms with Crippen molar-refractivity contribution >= 4 is 11.4 Å². The second kappa shape index (κ2) is 5.88. The molecule has 0 amide bonds. The molecule has 1 aromatic carbocycles. The van der Waals surface area contributed by atoms with E-state index in [2.05, 4.69) is 0 Å². The van der Waals surface area contributed by atoms with Crippen LogP contribution in [-0.4, -0.2) is 31.2 Å². The average Bonchev–Trinajstić information content (AvgIpc) is 2.45. The van der Waals surface area contributed by atoms with Crippen molar-refractivity contribution in [2.75, 3.05) is 25.1 Å². The molecule has 1 heterocycles. The number of methoxy groups -OCH3 is 1. The summed E-state index contributed by atoms with van der Waals surface area (Å²) >= 11 is 0. The molecule has 1 saturated heterocycles. The van der Waals surface area contributed by atoms with Gasteiger partial charge in [-0.05, 0) is 25.0 Å². The Morgan fingerprint density at radius 1 is 1.43 bits per heavy atom. The molecule has 0 aromatic heterocycles. The van der Waals surface area contributed by atoms with Gasteiger partial charge in [-0.15, -0.1) is 0 Å². The zero-order chi connectivity index (χ0) is 15.6. The van der Waals surface area contributed by atoms with E-state index in [-0.39, 0.29) is 11.8 Å². The molecule has 0 bridgehead atoms. The normalized spacial score (nSPS) is 19.6. The fourth-order valence-electron chi connectivity index (χ4n) is 2.46. The molecule has 21 heavy (non-hydrogen) atoms. The first-order chi connectivity index (χ1) is 9.82. The largest absolute Gasteiger partial charge is 0.416 e. The summed E-state index contributed by atoms with van der Waals surface area (Å²) in [5.74, 6) is 0. The Hall–Kier alpha value is -1.83. The number of benzene rings is 1. The molecule has 5 nitrogen and oxygen atoms in total. The number of hydrogen-bond donors (Lipinski definition) is 0. The molecule has 0 radical (unpaired) electrons. The van der Waals surface area contributed by atoms with Gasteiger partial charge in [-0.25, -0.2) is 0 Å². The van der Waals surface area contributed by atoms with Crippen LogP contribution in [0.3, 0.4) is 0 Å². The minimum atomic E-state index is -4.60. The lowest BCUT2D eigenvalue weighted by atomic mass is 10.1. The van der Waals surface area contributed by atoms with Crippen molar-refractivity contribution in [2.45, 2.75) is 25.1 Å². The van der Waals surface area contributed by atoms with Crippen molar-refractivity contribution in [1.29, 1.82) is 0 Å². The van der Waals surface area contributed by atoms with E-state index in [4.69, 9.17) is 4.74 Å². The fraction of sp³-hybridized carbons (Fsp3) is 0.538. The van der Waals surface area contributed by atoms with Crippen LogP contribution in [0.15, 0.2) is 18.2 Å². The van der Waals surface area contributed by atoms with Crippen LogP contribution >= 0.6 is 0 Å². The minimum Gasteiger partial charge on any atom is -0.380 e. The van der Waals surface area contributed by atoms with Gasteiger partial charge in [-0.1, -0.05) is 0 Å². The minimum absolute atomic E-state index is 0.0688. The van der Waals surface area contributed by atoms with Crippen LogP contribution in [0.4, 0.5) is 24.5 Å². The van der Waals surface area contributed by atoms with Gasteiger partial charge in [-0.3, -0.25) is 10.1 Å². The number of nitro groups is 1. The molecule has 116 valence electrons. The van der Waals surface area contributed by atoms with Gasteiger partial charge < -0.3 is 9.64 Å². The van der Waals surface area contributed by atoms with Crippen LogP contribution in [-0.2, 0) is 10.9 Å². The van der Waals surface area contributed by atoms with Gasteiger partial charge in [-0.2, -0.15) is 13.2 Å². The third-order valence-electron chi connectivity index (χ3n) is 3.55. The lowest BCUT2D eigenvalue weighted by molar-refractivity contribution is -0.384. The Morgan fingerprint density at radius 2 is 2.14 bits per heavy atom. The molecule has 8 heteroatoms. The Kier molecular flexibility index (Phi) is 4.36. The summed E-state index contributed by atoms with van der Waals surface area (Å²) in [6.07, 6.45) is -3.06. The molecule has 0 saturated carbocycles. The number of hydrogen-bond acceptors (Lipinski definition) is 4. The second-order valence-corrected chi connectivity index (χ2v) is 4.90. The van der Waals surface area contributed by atoms with Gasteiger partial charge in [0.15, 0.2) is 0 Å². The number of alkyl halides is 3. The predicted octanol–water partition coefficient (Wildman–Crippen LogP) is 3.23. The first kappa shape index (κ1) is 15.6. The van der Waals surface area contributed by atoms with Gasteiger partial charge in [0, 0.05) is 26.3 Å². The topological polar surface area (TPSA) is 55.6 Å². The maximum absolute atomic E-state index is 12.7. The second-order valence-electron chi connectivity index (χ2n) is 4.90. The highest BCUT2D eigenvalue weighted by Crippen LogP contribution is 2.37. The first-order valence-corrected chi connectivity index (χ1v) is 6.46. The molecule has 1 aromatic rings. The molecule has 1 fully saturated rings. The number of nitrogens with zero attached hydrogens (tertiary/aromatic N) is 2. The molecule has 2 rings (SSSR count). The van der Waals surface area contributed by atoms with E-state index in [1.807, 2.05) is 0 Å². The number of piperidine rings is 1. The third-order valence-corrected chi connectivity index (χ3v) is 3.55. The summed E-state index contributed by atoms with van der Waals surface area (Å²) in [7, 11) is 1.55.